The Bertz CT molecular complexity index is 589. The van der Waals surface area contributed by atoms with E-state index >= 15 is 0 Å². The topological polar surface area (TPSA) is 76.1 Å². The number of nitrogens with one attached hydrogen (secondary N) is 2. The third-order valence-electron chi connectivity index (χ3n) is 2.83. The van der Waals surface area contributed by atoms with Crippen LogP contribution in [0.2, 0.25) is 0 Å². The average Bonchev–Trinajstić information content (AvgIpc) is 2.50. The molecule has 2 rings (SSSR count). The maximum Gasteiger partial charge on any atom is 0.319 e. The lowest BCUT2D eigenvalue weighted by molar-refractivity contribution is 0.249. The van der Waals surface area contributed by atoms with Crippen LogP contribution in [0.4, 0.5) is 10.5 Å². The van der Waals surface area contributed by atoms with E-state index in [0.717, 1.165) is 5.56 Å². The maximum atomic E-state index is 12.0. The number of carbonyl (C=O) groups excluding carboxylic acids is 1. The highest BCUT2D eigenvalue weighted by molar-refractivity contribution is 5.90. The highest BCUT2D eigenvalue weighted by Gasteiger charge is 2.12. The summed E-state index contributed by atoms with van der Waals surface area (Å²) in [7, 11) is 0. The second kappa shape index (κ2) is 7.23. The molecule has 0 unspecified atom stereocenters. The van der Waals surface area contributed by atoms with Crippen LogP contribution in [-0.4, -0.2) is 22.6 Å². The van der Waals surface area contributed by atoms with E-state index in [0.29, 0.717) is 18.2 Å². The summed E-state index contributed by atoms with van der Waals surface area (Å²) in [6.45, 7) is 4.24. The first-order valence-corrected chi connectivity index (χ1v) is 6.76. The zero-order valence-corrected chi connectivity index (χ0v) is 12.0. The fourth-order valence-electron chi connectivity index (χ4n) is 1.81. The van der Waals surface area contributed by atoms with Crippen molar-refractivity contribution in [2.45, 2.75) is 19.9 Å². The Balaban J connectivity index is 1.99. The maximum absolute atomic E-state index is 12.0. The fraction of sp³-hybridized carbons (Fsp3) is 0.267. The number of nitrogens with zero attached hydrogens (tertiary/aromatic N) is 2. The third-order valence-corrected chi connectivity index (χ3v) is 2.83. The Morgan fingerprint density at radius 2 is 2.14 bits per heavy atom. The number of pyridine rings is 2. The highest BCUT2D eigenvalue weighted by Crippen LogP contribution is 2.20. The van der Waals surface area contributed by atoms with E-state index in [1.165, 1.54) is 0 Å². The predicted octanol–water partition coefficient (Wildman–Crippen LogP) is 2.76. The summed E-state index contributed by atoms with van der Waals surface area (Å²) in [4.78, 5) is 20.1. The molecule has 0 aromatic carbocycles. The fourth-order valence-corrected chi connectivity index (χ4v) is 1.81. The van der Waals surface area contributed by atoms with Gasteiger partial charge in [0.25, 0.3) is 0 Å². The van der Waals surface area contributed by atoms with E-state index in [1.807, 2.05) is 26.0 Å². The summed E-state index contributed by atoms with van der Waals surface area (Å²) in [6, 6.07) is 6.76. The van der Waals surface area contributed by atoms with Crippen LogP contribution in [-0.2, 0) is 0 Å². The molecule has 0 bridgehead atoms. The van der Waals surface area contributed by atoms with Crippen LogP contribution in [0.25, 0.3) is 0 Å². The predicted molar refractivity (Wildman–Crippen MR) is 80.2 cm³/mol. The van der Waals surface area contributed by atoms with E-state index in [1.54, 1.807) is 30.7 Å². The van der Waals surface area contributed by atoms with Crippen LogP contribution in [0.3, 0.4) is 0 Å². The molecule has 110 valence electrons. The first-order chi connectivity index (χ1) is 10.2. The first kappa shape index (κ1) is 14.8. The molecule has 6 heteroatoms. The van der Waals surface area contributed by atoms with Crippen LogP contribution < -0.4 is 15.4 Å². The highest BCUT2D eigenvalue weighted by atomic mass is 16.5. The molecular weight excluding hydrogens is 268 g/mol. The van der Waals surface area contributed by atoms with Crippen LogP contribution in [0.5, 0.6) is 5.88 Å². The van der Waals surface area contributed by atoms with Gasteiger partial charge in [0.15, 0.2) is 0 Å². The number of anilines is 1. The minimum atomic E-state index is -0.319. The molecule has 0 aliphatic carbocycles. The lowest BCUT2D eigenvalue weighted by Crippen LogP contribution is -2.31. The van der Waals surface area contributed by atoms with Gasteiger partial charge in [0.1, 0.15) is 5.69 Å². The van der Waals surface area contributed by atoms with Gasteiger partial charge in [0, 0.05) is 18.6 Å². The number of amides is 2. The van der Waals surface area contributed by atoms with Gasteiger partial charge < -0.3 is 15.4 Å². The standard InChI is InChI=1S/C15H18N4O2/c1-3-21-14-13(7-5-9-17-14)19-15(20)18-11(2)12-6-4-8-16-10-12/h4-11H,3H2,1-2H3,(H2,18,19,20)/t11-/m1/s1. The van der Waals surface area contributed by atoms with Gasteiger partial charge in [-0.3, -0.25) is 4.98 Å². The quantitative estimate of drug-likeness (QED) is 0.886. The molecule has 1 atom stereocenters. The van der Waals surface area contributed by atoms with Crippen molar-refractivity contribution in [3.63, 3.8) is 0 Å². The lowest BCUT2D eigenvalue weighted by Gasteiger charge is -2.15. The number of hydrogen-bond donors (Lipinski definition) is 2. The van der Waals surface area contributed by atoms with E-state index in [9.17, 15) is 4.79 Å². The molecule has 0 saturated heterocycles. The van der Waals surface area contributed by atoms with Crippen LogP contribution in [0.15, 0.2) is 42.9 Å². The minimum Gasteiger partial charge on any atom is -0.476 e. The van der Waals surface area contributed by atoms with Crippen molar-refractivity contribution in [1.82, 2.24) is 15.3 Å². The van der Waals surface area contributed by atoms with Gasteiger partial charge in [-0.25, -0.2) is 9.78 Å². The summed E-state index contributed by atoms with van der Waals surface area (Å²) < 4.78 is 5.36. The molecule has 0 radical (unpaired) electrons. The number of carbonyl (C=O) groups is 1. The minimum absolute atomic E-state index is 0.147. The van der Waals surface area contributed by atoms with Crippen molar-refractivity contribution in [2.24, 2.45) is 0 Å². The Kier molecular flexibility index (Phi) is 5.09. The Hall–Kier alpha value is -2.63. The molecule has 2 N–H and O–H groups in total. The van der Waals surface area contributed by atoms with Gasteiger partial charge in [-0.1, -0.05) is 6.07 Å². The zero-order valence-electron chi connectivity index (χ0n) is 12.0. The van der Waals surface area contributed by atoms with Crippen molar-refractivity contribution >= 4 is 11.7 Å². The summed E-state index contributed by atoms with van der Waals surface area (Å²) in [5, 5.41) is 5.58. The first-order valence-electron chi connectivity index (χ1n) is 6.76. The Morgan fingerprint density at radius 3 is 2.86 bits per heavy atom. The van der Waals surface area contributed by atoms with Crippen LogP contribution in [0, 0.1) is 0 Å². The van der Waals surface area contributed by atoms with Crippen molar-refractivity contribution in [2.75, 3.05) is 11.9 Å². The van der Waals surface area contributed by atoms with Crippen LogP contribution >= 0.6 is 0 Å². The van der Waals surface area contributed by atoms with Crippen molar-refractivity contribution in [3.05, 3.63) is 48.4 Å². The molecule has 0 fully saturated rings. The van der Waals surface area contributed by atoms with Gasteiger partial charge in [0.2, 0.25) is 5.88 Å². The summed E-state index contributed by atoms with van der Waals surface area (Å²) >= 11 is 0. The van der Waals surface area contributed by atoms with Crippen molar-refractivity contribution < 1.29 is 9.53 Å². The van der Waals surface area contributed by atoms with Gasteiger partial charge in [-0.05, 0) is 37.6 Å². The average molecular weight is 286 g/mol. The second-order valence-electron chi connectivity index (χ2n) is 4.40. The number of rotatable bonds is 5. The van der Waals surface area contributed by atoms with Gasteiger partial charge >= 0.3 is 6.03 Å². The Labute approximate surface area is 123 Å². The van der Waals surface area contributed by atoms with Gasteiger partial charge in [0.05, 0.1) is 12.6 Å². The lowest BCUT2D eigenvalue weighted by atomic mass is 10.1. The molecule has 0 aliphatic heterocycles. The van der Waals surface area contributed by atoms with E-state index in [-0.39, 0.29) is 12.1 Å². The van der Waals surface area contributed by atoms with Crippen molar-refractivity contribution in [1.29, 1.82) is 0 Å². The van der Waals surface area contributed by atoms with Crippen molar-refractivity contribution in [3.8, 4) is 5.88 Å². The van der Waals surface area contributed by atoms with Gasteiger partial charge in [-0.2, -0.15) is 0 Å². The van der Waals surface area contributed by atoms with E-state index < -0.39 is 0 Å². The second-order valence-corrected chi connectivity index (χ2v) is 4.40. The molecule has 0 spiro atoms. The molecule has 2 aromatic heterocycles. The number of aromatic nitrogens is 2. The zero-order chi connectivity index (χ0) is 15.1. The molecule has 2 aromatic rings. The van der Waals surface area contributed by atoms with E-state index in [2.05, 4.69) is 20.6 Å². The normalized spacial score (nSPS) is 11.5. The number of hydrogen-bond acceptors (Lipinski definition) is 4. The van der Waals surface area contributed by atoms with Crippen LogP contribution in [0.1, 0.15) is 25.5 Å². The smallest absolute Gasteiger partial charge is 0.319 e. The SMILES string of the molecule is CCOc1ncccc1NC(=O)N[C@H](C)c1cccnc1. The van der Waals surface area contributed by atoms with E-state index in [4.69, 9.17) is 4.74 Å². The summed E-state index contributed by atoms with van der Waals surface area (Å²) in [5.74, 6) is 0.407. The molecular formula is C15H18N4O2. The molecule has 2 heterocycles. The molecule has 6 nitrogen and oxygen atoms in total. The molecule has 21 heavy (non-hydrogen) atoms. The molecule has 0 saturated carbocycles. The summed E-state index contributed by atoms with van der Waals surface area (Å²) in [6.07, 6.45) is 5.03. The van der Waals surface area contributed by atoms with Gasteiger partial charge in [-0.15, -0.1) is 0 Å². The summed E-state index contributed by atoms with van der Waals surface area (Å²) in [5.41, 5.74) is 1.47. The molecule has 0 aliphatic rings. The third kappa shape index (κ3) is 4.17. The molecule has 2 amide bonds. The number of urea groups is 1. The number of ether oxygens (including phenoxy) is 1. The Morgan fingerprint density at radius 1 is 1.33 bits per heavy atom. The largest absolute Gasteiger partial charge is 0.476 e. The monoisotopic (exact) mass is 286 g/mol.